The van der Waals surface area contributed by atoms with Crippen LogP contribution in [-0.4, -0.2) is 16.5 Å². The summed E-state index contributed by atoms with van der Waals surface area (Å²) in [4.78, 5) is 24.2. The van der Waals surface area contributed by atoms with E-state index in [2.05, 4.69) is 12.1 Å². The molecule has 0 bridgehead atoms. The lowest BCUT2D eigenvalue weighted by atomic mass is 9.85. The third-order valence-corrected chi connectivity index (χ3v) is 6.20. The van der Waals surface area contributed by atoms with Crippen LogP contribution in [0.2, 0.25) is 0 Å². The lowest BCUT2D eigenvalue weighted by Crippen LogP contribution is -2.20. The number of pyridine rings is 1. The first-order valence-electron chi connectivity index (χ1n) is 10.5. The van der Waals surface area contributed by atoms with E-state index in [1.807, 2.05) is 19.2 Å². The molecule has 0 radical (unpaired) electrons. The van der Waals surface area contributed by atoms with Crippen LogP contribution in [0.1, 0.15) is 60.8 Å². The zero-order valence-corrected chi connectivity index (χ0v) is 16.9. The highest BCUT2D eigenvalue weighted by molar-refractivity contribution is 5.84. The maximum Gasteiger partial charge on any atom is 0.253 e. The van der Waals surface area contributed by atoms with E-state index in [9.17, 15) is 9.59 Å². The summed E-state index contributed by atoms with van der Waals surface area (Å²) in [6.07, 6.45) is 10.3. The van der Waals surface area contributed by atoms with Crippen LogP contribution in [0, 0.1) is 6.92 Å². The number of rotatable bonds is 4. The molecule has 4 heteroatoms. The maximum absolute atomic E-state index is 12.1. The largest absolute Gasteiger partial charge is 0.374 e. The number of fused-ring (bicyclic) bond motifs is 1. The fourth-order valence-corrected chi connectivity index (χ4v) is 4.58. The van der Waals surface area contributed by atoms with E-state index in [4.69, 9.17) is 4.74 Å². The number of carbonyl (C=O) groups is 1. The summed E-state index contributed by atoms with van der Waals surface area (Å²) in [6.45, 7) is 2.43. The van der Waals surface area contributed by atoms with E-state index in [1.165, 1.54) is 24.8 Å². The average Bonchev–Trinajstić information content (AvgIpc) is 2.70. The minimum atomic E-state index is 0.0353. The summed E-state index contributed by atoms with van der Waals surface area (Å²) >= 11 is 0. The molecule has 2 aliphatic rings. The summed E-state index contributed by atoms with van der Waals surface area (Å²) in [6, 6.07) is 6.33. The average molecular weight is 380 g/mol. The molecule has 1 heterocycles. The molecule has 0 saturated heterocycles. The van der Waals surface area contributed by atoms with Gasteiger partial charge in [-0.15, -0.1) is 0 Å². The van der Waals surface area contributed by atoms with Gasteiger partial charge < -0.3 is 9.30 Å². The summed E-state index contributed by atoms with van der Waals surface area (Å²) in [5.74, 6) is 0.317. The van der Waals surface area contributed by atoms with Crippen LogP contribution in [0.25, 0.3) is 11.1 Å². The van der Waals surface area contributed by atoms with Gasteiger partial charge in [-0.3, -0.25) is 9.59 Å². The Morgan fingerprint density at radius 2 is 1.82 bits per heavy atom. The predicted octanol–water partition coefficient (Wildman–Crippen LogP) is 4.27. The van der Waals surface area contributed by atoms with Crippen LogP contribution >= 0.6 is 0 Å². The molecule has 4 nitrogen and oxygen atoms in total. The maximum atomic E-state index is 12.1. The van der Waals surface area contributed by atoms with Crippen molar-refractivity contribution in [1.29, 1.82) is 0 Å². The zero-order chi connectivity index (χ0) is 19.7. The van der Waals surface area contributed by atoms with Crippen molar-refractivity contribution in [2.24, 2.45) is 7.05 Å². The first-order valence-corrected chi connectivity index (χ1v) is 10.5. The lowest BCUT2D eigenvalue weighted by molar-refractivity contribution is -0.118. The van der Waals surface area contributed by atoms with Gasteiger partial charge in [-0.25, -0.2) is 0 Å². The Morgan fingerprint density at radius 3 is 2.57 bits per heavy atom. The van der Waals surface area contributed by atoms with Crippen molar-refractivity contribution >= 4 is 5.78 Å². The molecule has 4 rings (SSSR count). The van der Waals surface area contributed by atoms with Gasteiger partial charge in [-0.05, 0) is 66.1 Å². The van der Waals surface area contributed by atoms with E-state index >= 15 is 0 Å². The topological polar surface area (TPSA) is 48.3 Å². The van der Waals surface area contributed by atoms with E-state index in [0.717, 1.165) is 47.1 Å². The number of carbonyl (C=O) groups excluding carboxylic acids is 1. The Bertz CT molecular complexity index is 925. The first kappa shape index (κ1) is 19.1. The van der Waals surface area contributed by atoms with Gasteiger partial charge in [0.15, 0.2) is 0 Å². The van der Waals surface area contributed by atoms with Gasteiger partial charge in [0.1, 0.15) is 5.78 Å². The normalized spacial score (nSPS) is 17.6. The molecular weight excluding hydrogens is 350 g/mol. The molecule has 0 aliphatic heterocycles. The number of Topliss-reactive ketones (excluding diaryl/α,β-unsaturated/α-hetero) is 1. The van der Waals surface area contributed by atoms with Gasteiger partial charge in [0, 0.05) is 31.6 Å². The fourth-order valence-electron chi connectivity index (χ4n) is 4.58. The minimum absolute atomic E-state index is 0.0353. The molecule has 0 spiro atoms. The van der Waals surface area contributed by atoms with E-state index < -0.39 is 0 Å². The highest BCUT2D eigenvalue weighted by Gasteiger charge is 2.22. The first-order chi connectivity index (χ1) is 13.5. The standard InChI is InChI=1S/C24H29NO3/c1-16-10-19(14-25(2)24(16)27)18-11-17-8-9-21(26)13-23(17)20(12-18)15-28-22-6-4-3-5-7-22/h10-12,14,22H,3-9,13,15H2,1-2H3. The van der Waals surface area contributed by atoms with Crippen molar-refractivity contribution in [1.82, 2.24) is 4.57 Å². The van der Waals surface area contributed by atoms with Gasteiger partial charge in [0.2, 0.25) is 0 Å². The highest BCUT2D eigenvalue weighted by Crippen LogP contribution is 2.31. The molecule has 1 fully saturated rings. The Labute approximate surface area is 166 Å². The molecule has 1 saturated carbocycles. The minimum Gasteiger partial charge on any atom is -0.374 e. The van der Waals surface area contributed by atoms with Crippen LogP contribution in [0.15, 0.2) is 29.2 Å². The third kappa shape index (κ3) is 3.97. The number of aryl methyl sites for hydroxylation is 3. The van der Waals surface area contributed by atoms with E-state index in [1.54, 1.807) is 11.6 Å². The number of ether oxygens (including phenoxy) is 1. The monoisotopic (exact) mass is 379 g/mol. The number of hydrogen-bond donors (Lipinski definition) is 0. The number of hydrogen-bond acceptors (Lipinski definition) is 3. The fraction of sp³-hybridized carbons (Fsp3) is 0.500. The second kappa shape index (κ2) is 8.04. The Balaban J connectivity index is 1.70. The number of nitrogens with zero attached hydrogens (tertiary/aromatic N) is 1. The summed E-state index contributed by atoms with van der Waals surface area (Å²) < 4.78 is 7.91. The third-order valence-electron chi connectivity index (χ3n) is 6.20. The second-order valence-corrected chi connectivity index (χ2v) is 8.39. The molecule has 148 valence electrons. The Hall–Kier alpha value is -2.20. The van der Waals surface area contributed by atoms with Gasteiger partial charge in [0.05, 0.1) is 12.7 Å². The molecule has 0 N–H and O–H groups in total. The van der Waals surface area contributed by atoms with Crippen molar-refractivity contribution < 1.29 is 9.53 Å². The van der Waals surface area contributed by atoms with Crippen molar-refractivity contribution in [2.75, 3.05) is 0 Å². The van der Waals surface area contributed by atoms with Gasteiger partial charge in [-0.2, -0.15) is 0 Å². The summed E-state index contributed by atoms with van der Waals surface area (Å²) in [5.41, 5.74) is 6.48. The molecule has 28 heavy (non-hydrogen) atoms. The molecule has 1 aromatic carbocycles. The van der Waals surface area contributed by atoms with Crippen molar-refractivity contribution in [3.8, 4) is 11.1 Å². The van der Waals surface area contributed by atoms with Crippen molar-refractivity contribution in [2.45, 2.75) is 71.0 Å². The van der Waals surface area contributed by atoms with Gasteiger partial charge in [0.25, 0.3) is 5.56 Å². The molecule has 0 atom stereocenters. The van der Waals surface area contributed by atoms with Crippen LogP contribution in [0.4, 0.5) is 0 Å². The molecular formula is C24H29NO3. The zero-order valence-electron chi connectivity index (χ0n) is 16.9. The molecule has 0 unspecified atom stereocenters. The summed E-state index contributed by atoms with van der Waals surface area (Å²) in [5, 5.41) is 0. The lowest BCUT2D eigenvalue weighted by Gasteiger charge is -2.25. The van der Waals surface area contributed by atoms with E-state index in [-0.39, 0.29) is 5.56 Å². The SMILES string of the molecule is Cc1cc(-c2cc3c(c(COC4CCCCC4)c2)CC(=O)CC3)cn(C)c1=O. The Morgan fingerprint density at radius 1 is 1.04 bits per heavy atom. The highest BCUT2D eigenvalue weighted by atomic mass is 16.5. The number of benzene rings is 1. The van der Waals surface area contributed by atoms with Crippen LogP contribution in [0.5, 0.6) is 0 Å². The van der Waals surface area contributed by atoms with E-state index in [0.29, 0.717) is 31.3 Å². The van der Waals surface area contributed by atoms with Gasteiger partial charge in [-0.1, -0.05) is 25.3 Å². The smallest absolute Gasteiger partial charge is 0.253 e. The number of aromatic nitrogens is 1. The van der Waals surface area contributed by atoms with Crippen LogP contribution in [-0.2, 0) is 36.0 Å². The van der Waals surface area contributed by atoms with Gasteiger partial charge >= 0.3 is 0 Å². The van der Waals surface area contributed by atoms with Crippen LogP contribution in [0.3, 0.4) is 0 Å². The molecule has 2 aromatic rings. The quantitative estimate of drug-likeness (QED) is 0.797. The predicted molar refractivity (Wildman–Crippen MR) is 111 cm³/mol. The molecule has 2 aliphatic carbocycles. The van der Waals surface area contributed by atoms with Crippen molar-refractivity contribution in [3.63, 3.8) is 0 Å². The Kier molecular flexibility index (Phi) is 5.49. The molecule has 1 aromatic heterocycles. The summed E-state index contributed by atoms with van der Waals surface area (Å²) in [7, 11) is 1.79. The molecule has 0 amide bonds. The van der Waals surface area contributed by atoms with Crippen LogP contribution < -0.4 is 5.56 Å². The second-order valence-electron chi connectivity index (χ2n) is 8.39. The van der Waals surface area contributed by atoms with Crippen molar-refractivity contribution in [3.05, 3.63) is 57.0 Å². The number of ketones is 1.